The highest BCUT2D eigenvalue weighted by Gasteiger charge is 2.34. The van der Waals surface area contributed by atoms with Crippen molar-refractivity contribution in [3.8, 4) is 11.5 Å². The van der Waals surface area contributed by atoms with Crippen LogP contribution in [0.1, 0.15) is 36.6 Å². The number of ether oxygens (including phenoxy) is 2. The number of allylic oxidation sites excluding steroid dienone is 1. The molecule has 0 fully saturated rings. The first-order valence-corrected chi connectivity index (χ1v) is 12.2. The molecule has 1 amide bonds. The number of carbonyl (C=O) groups is 1. The summed E-state index contributed by atoms with van der Waals surface area (Å²) in [5, 5.41) is 10.6. The first kappa shape index (κ1) is 24.1. The molecular formula is C29H29N5O3. The maximum absolute atomic E-state index is 13.5. The third-order valence-corrected chi connectivity index (χ3v) is 6.13. The van der Waals surface area contributed by atoms with E-state index in [9.17, 15) is 4.79 Å². The van der Waals surface area contributed by atoms with E-state index in [2.05, 4.69) is 39.8 Å². The molecule has 1 aromatic heterocycles. The van der Waals surface area contributed by atoms with E-state index >= 15 is 0 Å². The maximum atomic E-state index is 13.5. The quantitative estimate of drug-likeness (QED) is 0.336. The van der Waals surface area contributed by atoms with E-state index in [0.29, 0.717) is 47.6 Å². The molecule has 0 aliphatic carbocycles. The van der Waals surface area contributed by atoms with E-state index in [0.717, 1.165) is 11.1 Å². The number of carbonyl (C=O) groups excluding carboxylic acids is 1. The average Bonchev–Trinajstić information content (AvgIpc) is 3.36. The second kappa shape index (κ2) is 10.6. The van der Waals surface area contributed by atoms with Gasteiger partial charge in [-0.25, -0.2) is 4.68 Å². The van der Waals surface area contributed by atoms with Crippen molar-refractivity contribution < 1.29 is 14.3 Å². The summed E-state index contributed by atoms with van der Waals surface area (Å²) in [4.78, 5) is 17.9. The molecule has 0 saturated heterocycles. The number of hydrogen-bond donors (Lipinski definition) is 2. The SMILES string of the molecule is CCOc1cc([C@H]2C(C(=O)Nc3ccccc3)=C(C)Nc3ncnn32)ccc1OCc1cccc(C)c1. The van der Waals surface area contributed by atoms with Gasteiger partial charge in [0, 0.05) is 11.4 Å². The van der Waals surface area contributed by atoms with Gasteiger partial charge >= 0.3 is 0 Å². The minimum absolute atomic E-state index is 0.222. The van der Waals surface area contributed by atoms with Gasteiger partial charge in [0.15, 0.2) is 11.5 Å². The maximum Gasteiger partial charge on any atom is 0.255 e. The standard InChI is InChI=1S/C29H29N5O3/c1-4-36-25-16-22(13-14-24(25)37-17-21-10-8-9-19(2)15-21)27-26(20(3)32-29-30-18-31-34(27)29)28(35)33-23-11-6-5-7-12-23/h5-16,18,27H,4,17H2,1-3H3,(H,33,35)(H,30,31,32)/t27-/m0/s1. The molecule has 0 unspecified atom stereocenters. The van der Waals surface area contributed by atoms with Crippen molar-refractivity contribution in [3.63, 3.8) is 0 Å². The fraction of sp³-hybridized carbons (Fsp3) is 0.207. The number of anilines is 2. The number of fused-ring (bicyclic) bond motifs is 1. The lowest BCUT2D eigenvalue weighted by Gasteiger charge is -2.29. The second-order valence-electron chi connectivity index (χ2n) is 8.83. The molecule has 2 N–H and O–H groups in total. The van der Waals surface area contributed by atoms with E-state index in [1.807, 2.05) is 74.5 Å². The Bertz CT molecular complexity index is 1440. The lowest BCUT2D eigenvalue weighted by atomic mass is 9.94. The third-order valence-electron chi connectivity index (χ3n) is 6.13. The Morgan fingerprint density at radius 3 is 2.62 bits per heavy atom. The summed E-state index contributed by atoms with van der Waals surface area (Å²) < 4.78 is 13.8. The molecule has 3 aromatic carbocycles. The molecule has 8 nitrogen and oxygen atoms in total. The van der Waals surface area contributed by atoms with Gasteiger partial charge in [-0.3, -0.25) is 4.79 Å². The van der Waals surface area contributed by atoms with E-state index in [1.54, 1.807) is 4.68 Å². The van der Waals surface area contributed by atoms with Gasteiger partial charge in [-0.05, 0) is 56.2 Å². The second-order valence-corrected chi connectivity index (χ2v) is 8.83. The van der Waals surface area contributed by atoms with Crippen LogP contribution < -0.4 is 20.1 Å². The fourth-order valence-corrected chi connectivity index (χ4v) is 4.46. The van der Waals surface area contributed by atoms with Crippen molar-refractivity contribution in [1.29, 1.82) is 0 Å². The minimum atomic E-state index is -0.507. The van der Waals surface area contributed by atoms with Crippen molar-refractivity contribution in [2.45, 2.75) is 33.4 Å². The molecule has 0 spiro atoms. The van der Waals surface area contributed by atoms with Crippen LogP contribution in [0.2, 0.25) is 0 Å². The van der Waals surface area contributed by atoms with Gasteiger partial charge in [-0.2, -0.15) is 10.1 Å². The Balaban J connectivity index is 1.49. The Labute approximate surface area is 216 Å². The number of aryl methyl sites for hydroxylation is 1. The molecule has 2 heterocycles. The monoisotopic (exact) mass is 495 g/mol. The highest BCUT2D eigenvalue weighted by Crippen LogP contribution is 2.39. The van der Waals surface area contributed by atoms with Crippen molar-refractivity contribution in [3.05, 3.63) is 107 Å². The predicted molar refractivity (Wildman–Crippen MR) is 143 cm³/mol. The van der Waals surface area contributed by atoms with Crippen LogP contribution in [0, 0.1) is 6.92 Å². The van der Waals surface area contributed by atoms with Gasteiger partial charge < -0.3 is 20.1 Å². The molecule has 0 radical (unpaired) electrons. The molecule has 0 saturated carbocycles. The molecule has 8 heteroatoms. The van der Waals surface area contributed by atoms with Gasteiger partial charge in [0.1, 0.15) is 19.0 Å². The summed E-state index contributed by atoms with van der Waals surface area (Å²) in [5.74, 6) is 1.58. The molecule has 0 bridgehead atoms. The Hall–Kier alpha value is -4.59. The lowest BCUT2D eigenvalue weighted by molar-refractivity contribution is -0.113. The Morgan fingerprint density at radius 1 is 1.00 bits per heavy atom. The first-order chi connectivity index (χ1) is 18.0. The Morgan fingerprint density at radius 2 is 1.84 bits per heavy atom. The summed E-state index contributed by atoms with van der Waals surface area (Å²) in [5.41, 5.74) is 5.05. The van der Waals surface area contributed by atoms with Crippen molar-refractivity contribution in [2.24, 2.45) is 0 Å². The molecule has 1 atom stereocenters. The van der Waals surface area contributed by atoms with Crippen LogP contribution in [-0.2, 0) is 11.4 Å². The van der Waals surface area contributed by atoms with E-state index in [4.69, 9.17) is 9.47 Å². The van der Waals surface area contributed by atoms with Crippen LogP contribution in [-0.4, -0.2) is 27.3 Å². The summed E-state index contributed by atoms with van der Waals surface area (Å²) in [6.07, 6.45) is 1.48. The van der Waals surface area contributed by atoms with Crippen LogP contribution in [0.5, 0.6) is 11.5 Å². The summed E-state index contributed by atoms with van der Waals surface area (Å²) >= 11 is 0. The van der Waals surface area contributed by atoms with Crippen molar-refractivity contribution >= 4 is 17.5 Å². The largest absolute Gasteiger partial charge is 0.490 e. The number of aromatic nitrogens is 3. The van der Waals surface area contributed by atoms with E-state index in [1.165, 1.54) is 11.9 Å². The predicted octanol–water partition coefficient (Wildman–Crippen LogP) is 5.49. The number of nitrogens with zero attached hydrogens (tertiary/aromatic N) is 3. The zero-order valence-corrected chi connectivity index (χ0v) is 21.1. The lowest BCUT2D eigenvalue weighted by Crippen LogP contribution is -2.31. The smallest absolute Gasteiger partial charge is 0.255 e. The molecule has 5 rings (SSSR count). The number of para-hydroxylation sites is 1. The van der Waals surface area contributed by atoms with Gasteiger partial charge in [-0.15, -0.1) is 0 Å². The number of nitrogens with one attached hydrogen (secondary N) is 2. The van der Waals surface area contributed by atoms with Gasteiger partial charge in [0.05, 0.1) is 12.2 Å². The zero-order valence-electron chi connectivity index (χ0n) is 21.1. The topological polar surface area (TPSA) is 90.3 Å². The summed E-state index contributed by atoms with van der Waals surface area (Å²) in [6, 6.07) is 22.8. The molecular weight excluding hydrogens is 466 g/mol. The van der Waals surface area contributed by atoms with E-state index in [-0.39, 0.29) is 5.91 Å². The van der Waals surface area contributed by atoms with Crippen LogP contribution in [0.3, 0.4) is 0 Å². The molecule has 188 valence electrons. The summed E-state index contributed by atoms with van der Waals surface area (Å²) in [7, 11) is 0. The average molecular weight is 496 g/mol. The third kappa shape index (κ3) is 5.18. The van der Waals surface area contributed by atoms with Gasteiger partial charge in [0.25, 0.3) is 5.91 Å². The normalized spacial score (nSPS) is 14.5. The van der Waals surface area contributed by atoms with Crippen LogP contribution in [0.4, 0.5) is 11.6 Å². The van der Waals surface area contributed by atoms with Crippen molar-refractivity contribution in [1.82, 2.24) is 14.8 Å². The highest BCUT2D eigenvalue weighted by atomic mass is 16.5. The molecule has 37 heavy (non-hydrogen) atoms. The van der Waals surface area contributed by atoms with Gasteiger partial charge in [0.2, 0.25) is 5.95 Å². The van der Waals surface area contributed by atoms with Crippen LogP contribution in [0.15, 0.2) is 90.4 Å². The first-order valence-electron chi connectivity index (χ1n) is 12.2. The molecule has 4 aromatic rings. The number of benzene rings is 3. The summed E-state index contributed by atoms with van der Waals surface area (Å²) in [6.45, 7) is 6.75. The number of rotatable bonds is 8. The molecule has 1 aliphatic heterocycles. The molecule has 1 aliphatic rings. The number of hydrogen-bond acceptors (Lipinski definition) is 6. The van der Waals surface area contributed by atoms with E-state index < -0.39 is 6.04 Å². The highest BCUT2D eigenvalue weighted by molar-refractivity contribution is 6.06. The van der Waals surface area contributed by atoms with Crippen LogP contribution in [0.25, 0.3) is 0 Å². The van der Waals surface area contributed by atoms with Crippen LogP contribution >= 0.6 is 0 Å². The minimum Gasteiger partial charge on any atom is -0.490 e. The fourth-order valence-electron chi connectivity index (χ4n) is 4.46. The number of amides is 1. The van der Waals surface area contributed by atoms with Gasteiger partial charge in [-0.1, -0.05) is 54.1 Å². The Kier molecular flexibility index (Phi) is 6.89. The zero-order chi connectivity index (χ0) is 25.8. The van der Waals surface area contributed by atoms with Crippen molar-refractivity contribution in [2.75, 3.05) is 17.2 Å².